The minimum absolute atomic E-state index is 0.0220. The fraction of sp³-hybridized carbons (Fsp3) is 0.467. The van der Waals surface area contributed by atoms with E-state index < -0.39 is 0 Å². The molecular formula is C15H19FN2O2. The summed E-state index contributed by atoms with van der Waals surface area (Å²) in [6.45, 7) is 1.57. The summed E-state index contributed by atoms with van der Waals surface area (Å²) in [7, 11) is 0. The summed E-state index contributed by atoms with van der Waals surface area (Å²) in [4.78, 5) is 25.4. The lowest BCUT2D eigenvalue weighted by molar-refractivity contribution is -0.133. The van der Waals surface area contributed by atoms with Crippen LogP contribution in [0.5, 0.6) is 0 Å². The van der Waals surface area contributed by atoms with Gasteiger partial charge in [-0.2, -0.15) is 0 Å². The molecule has 0 bridgehead atoms. The third kappa shape index (κ3) is 4.33. The smallest absolute Gasteiger partial charge is 0.241 e. The molecule has 20 heavy (non-hydrogen) atoms. The normalized spacial score (nSPS) is 14.9. The van der Waals surface area contributed by atoms with Crippen LogP contribution in [0.2, 0.25) is 0 Å². The quantitative estimate of drug-likeness (QED) is 0.907. The number of hydrogen-bond acceptors (Lipinski definition) is 2. The van der Waals surface area contributed by atoms with Gasteiger partial charge in [-0.1, -0.05) is 12.1 Å². The third-order valence-corrected chi connectivity index (χ3v) is 3.40. The molecule has 0 saturated carbocycles. The molecule has 0 atom stereocenters. The van der Waals surface area contributed by atoms with Gasteiger partial charge in [0.15, 0.2) is 0 Å². The maximum absolute atomic E-state index is 13.0. The van der Waals surface area contributed by atoms with Crippen molar-refractivity contribution in [2.45, 2.75) is 25.7 Å². The van der Waals surface area contributed by atoms with Gasteiger partial charge in [-0.3, -0.25) is 9.59 Å². The minimum Gasteiger partial charge on any atom is -0.347 e. The first kappa shape index (κ1) is 14.5. The summed E-state index contributed by atoms with van der Waals surface area (Å²) >= 11 is 0. The van der Waals surface area contributed by atoms with Gasteiger partial charge in [-0.05, 0) is 37.0 Å². The molecule has 0 aromatic heterocycles. The molecule has 1 saturated heterocycles. The van der Waals surface area contributed by atoms with E-state index in [1.807, 2.05) is 0 Å². The van der Waals surface area contributed by atoms with Crippen molar-refractivity contribution in [3.05, 3.63) is 35.6 Å². The van der Waals surface area contributed by atoms with Crippen LogP contribution in [-0.4, -0.2) is 36.3 Å². The topological polar surface area (TPSA) is 49.4 Å². The number of carbonyl (C=O) groups excluding carboxylic acids is 2. The van der Waals surface area contributed by atoms with Gasteiger partial charge in [0.25, 0.3) is 0 Å². The number of nitrogens with zero attached hydrogens (tertiary/aromatic N) is 1. The largest absolute Gasteiger partial charge is 0.347 e. The van der Waals surface area contributed by atoms with Crippen molar-refractivity contribution in [1.82, 2.24) is 10.2 Å². The summed E-state index contributed by atoms with van der Waals surface area (Å²) in [5.41, 5.74) is 0.605. The second-order valence-electron chi connectivity index (χ2n) is 5.02. The highest BCUT2D eigenvalue weighted by molar-refractivity contribution is 5.85. The number of halogens is 1. The molecule has 108 valence electrons. The molecule has 0 radical (unpaired) electrons. The molecular weight excluding hydrogens is 259 g/mol. The number of benzene rings is 1. The summed E-state index contributed by atoms with van der Waals surface area (Å²) in [5, 5.41) is 2.60. The van der Waals surface area contributed by atoms with Crippen LogP contribution in [0.1, 0.15) is 24.8 Å². The molecule has 0 aliphatic carbocycles. The zero-order valence-electron chi connectivity index (χ0n) is 11.4. The highest BCUT2D eigenvalue weighted by atomic mass is 19.1. The molecule has 1 aliphatic heterocycles. The summed E-state index contributed by atoms with van der Waals surface area (Å²) in [6, 6.07) is 5.92. The monoisotopic (exact) mass is 278 g/mol. The molecule has 0 unspecified atom stereocenters. The van der Waals surface area contributed by atoms with E-state index in [1.54, 1.807) is 17.0 Å². The standard InChI is InChI=1S/C15H19FN2O2/c16-13-6-4-5-12(9-13)10-14(19)17-11-15(20)18-7-2-1-3-8-18/h4-6,9H,1-3,7-8,10-11H2,(H,17,19). The first-order valence-electron chi connectivity index (χ1n) is 6.94. The number of likely N-dealkylation sites (tertiary alicyclic amines) is 1. The Morgan fingerprint density at radius 2 is 1.95 bits per heavy atom. The van der Waals surface area contributed by atoms with E-state index in [2.05, 4.69) is 5.32 Å². The fourth-order valence-electron chi connectivity index (χ4n) is 2.32. The molecule has 5 heteroatoms. The van der Waals surface area contributed by atoms with Crippen LogP contribution in [0.3, 0.4) is 0 Å². The van der Waals surface area contributed by atoms with Gasteiger partial charge in [0.1, 0.15) is 5.82 Å². The Hall–Kier alpha value is -1.91. The van der Waals surface area contributed by atoms with E-state index in [0.717, 1.165) is 32.4 Å². The zero-order valence-corrected chi connectivity index (χ0v) is 11.4. The van der Waals surface area contributed by atoms with Crippen LogP contribution >= 0.6 is 0 Å². The second-order valence-corrected chi connectivity index (χ2v) is 5.02. The Morgan fingerprint density at radius 3 is 2.65 bits per heavy atom. The highest BCUT2D eigenvalue weighted by Gasteiger charge is 2.16. The maximum Gasteiger partial charge on any atom is 0.241 e. The number of piperidine rings is 1. The van der Waals surface area contributed by atoms with Crippen LogP contribution in [0.4, 0.5) is 4.39 Å². The van der Waals surface area contributed by atoms with Gasteiger partial charge in [0.2, 0.25) is 11.8 Å². The van der Waals surface area contributed by atoms with Crippen LogP contribution < -0.4 is 5.32 Å². The average Bonchev–Trinajstić information content (AvgIpc) is 2.46. The first-order valence-corrected chi connectivity index (χ1v) is 6.94. The van der Waals surface area contributed by atoms with Crippen molar-refractivity contribution in [3.8, 4) is 0 Å². The molecule has 1 heterocycles. The Labute approximate surface area is 118 Å². The molecule has 1 aromatic rings. The number of hydrogen-bond donors (Lipinski definition) is 1. The van der Waals surface area contributed by atoms with Gasteiger partial charge in [0.05, 0.1) is 13.0 Å². The lowest BCUT2D eigenvalue weighted by Crippen LogP contribution is -2.42. The molecule has 2 rings (SSSR count). The summed E-state index contributed by atoms with van der Waals surface area (Å²) in [5.74, 6) is -0.669. The van der Waals surface area contributed by atoms with Gasteiger partial charge in [-0.15, -0.1) is 0 Å². The SMILES string of the molecule is O=C(Cc1cccc(F)c1)NCC(=O)N1CCCCC1. The maximum atomic E-state index is 13.0. The van der Waals surface area contributed by atoms with E-state index in [9.17, 15) is 14.0 Å². The van der Waals surface area contributed by atoms with Crippen molar-refractivity contribution < 1.29 is 14.0 Å². The Bertz CT molecular complexity index is 485. The van der Waals surface area contributed by atoms with Crippen molar-refractivity contribution >= 4 is 11.8 Å². The Balaban J connectivity index is 1.75. The van der Waals surface area contributed by atoms with E-state index in [4.69, 9.17) is 0 Å². The lowest BCUT2D eigenvalue weighted by atomic mass is 10.1. The zero-order chi connectivity index (χ0) is 14.4. The number of amides is 2. The predicted molar refractivity (Wildman–Crippen MR) is 73.5 cm³/mol. The highest BCUT2D eigenvalue weighted by Crippen LogP contribution is 2.08. The van der Waals surface area contributed by atoms with Crippen LogP contribution in [0, 0.1) is 5.82 Å². The lowest BCUT2D eigenvalue weighted by Gasteiger charge is -2.26. The average molecular weight is 278 g/mol. The van der Waals surface area contributed by atoms with Crippen LogP contribution in [-0.2, 0) is 16.0 Å². The van der Waals surface area contributed by atoms with Crippen LogP contribution in [0.25, 0.3) is 0 Å². The Morgan fingerprint density at radius 1 is 1.20 bits per heavy atom. The van der Waals surface area contributed by atoms with Crippen molar-refractivity contribution in [2.24, 2.45) is 0 Å². The Kier molecular flexibility index (Phi) is 5.09. The van der Waals surface area contributed by atoms with Crippen LogP contribution in [0.15, 0.2) is 24.3 Å². The number of nitrogens with one attached hydrogen (secondary N) is 1. The van der Waals surface area contributed by atoms with Crippen molar-refractivity contribution in [2.75, 3.05) is 19.6 Å². The van der Waals surface area contributed by atoms with E-state index in [1.165, 1.54) is 12.1 Å². The van der Waals surface area contributed by atoms with E-state index >= 15 is 0 Å². The molecule has 1 fully saturated rings. The minimum atomic E-state index is -0.361. The molecule has 0 spiro atoms. The van der Waals surface area contributed by atoms with Gasteiger partial charge >= 0.3 is 0 Å². The van der Waals surface area contributed by atoms with E-state index in [-0.39, 0.29) is 30.6 Å². The van der Waals surface area contributed by atoms with Crippen molar-refractivity contribution in [3.63, 3.8) is 0 Å². The molecule has 2 amide bonds. The van der Waals surface area contributed by atoms with Gasteiger partial charge in [-0.25, -0.2) is 4.39 Å². The second kappa shape index (κ2) is 7.03. The summed E-state index contributed by atoms with van der Waals surface area (Å²) < 4.78 is 13.0. The fourth-order valence-corrected chi connectivity index (χ4v) is 2.32. The predicted octanol–water partition coefficient (Wildman–Crippen LogP) is 1.50. The number of carbonyl (C=O) groups is 2. The van der Waals surface area contributed by atoms with E-state index in [0.29, 0.717) is 5.56 Å². The van der Waals surface area contributed by atoms with Gasteiger partial charge in [0, 0.05) is 13.1 Å². The molecule has 4 nitrogen and oxygen atoms in total. The molecule has 1 aromatic carbocycles. The first-order chi connectivity index (χ1) is 9.65. The number of rotatable bonds is 4. The molecule has 1 N–H and O–H groups in total. The van der Waals surface area contributed by atoms with Crippen molar-refractivity contribution in [1.29, 1.82) is 0 Å². The summed E-state index contributed by atoms with van der Waals surface area (Å²) in [6.07, 6.45) is 3.31. The van der Waals surface area contributed by atoms with Gasteiger partial charge < -0.3 is 10.2 Å². The molecule has 1 aliphatic rings. The third-order valence-electron chi connectivity index (χ3n) is 3.40.